The summed E-state index contributed by atoms with van der Waals surface area (Å²) in [6.07, 6.45) is -2.26. The molecule has 0 N–H and O–H groups in total. The zero-order valence-electron chi connectivity index (χ0n) is 20.2. The molecule has 7 heteroatoms. The van der Waals surface area contributed by atoms with Crippen molar-refractivity contribution in [3.8, 4) is 0 Å². The third-order valence-corrected chi connectivity index (χ3v) is 6.51. The molecule has 0 saturated heterocycles. The maximum atomic E-state index is 15.1. The molecule has 0 spiro atoms. The fourth-order valence-electron chi connectivity index (χ4n) is 4.57. The lowest BCUT2D eigenvalue weighted by molar-refractivity contribution is -0.142. The van der Waals surface area contributed by atoms with Crippen LogP contribution in [0, 0.1) is 23.3 Å². The SMILES string of the molecule is CCCc1ccc(CCc2ccc3c(F)c(CCc4cc(F)c(C(F)(F)F)c(F)c4)ccc3c2)c(F)c1. The molecule has 0 saturated carbocycles. The van der Waals surface area contributed by atoms with Gasteiger partial charge in [-0.1, -0.05) is 55.8 Å². The zero-order chi connectivity index (χ0) is 26.7. The van der Waals surface area contributed by atoms with E-state index < -0.39 is 29.2 Å². The second-order valence-corrected chi connectivity index (χ2v) is 9.20. The first-order valence-corrected chi connectivity index (χ1v) is 12.1. The molecule has 0 radical (unpaired) electrons. The molecule has 0 bridgehead atoms. The predicted molar refractivity (Wildman–Crippen MR) is 130 cm³/mol. The van der Waals surface area contributed by atoms with E-state index in [2.05, 4.69) is 0 Å². The van der Waals surface area contributed by atoms with Crippen molar-refractivity contribution in [3.05, 3.63) is 117 Å². The van der Waals surface area contributed by atoms with Gasteiger partial charge in [0.25, 0.3) is 0 Å². The predicted octanol–water partition coefficient (Wildman–Crippen LogP) is 8.94. The van der Waals surface area contributed by atoms with E-state index in [1.165, 1.54) is 0 Å². The first-order valence-electron chi connectivity index (χ1n) is 12.1. The molecule has 0 atom stereocenters. The Balaban J connectivity index is 1.46. The van der Waals surface area contributed by atoms with Crippen molar-refractivity contribution >= 4 is 10.8 Å². The number of hydrogen-bond donors (Lipinski definition) is 0. The molecule has 0 aliphatic carbocycles. The molecule has 0 unspecified atom stereocenters. The van der Waals surface area contributed by atoms with Crippen LogP contribution < -0.4 is 0 Å². The minimum atomic E-state index is -5.14. The third-order valence-electron chi connectivity index (χ3n) is 6.51. The Kier molecular flexibility index (Phi) is 7.90. The van der Waals surface area contributed by atoms with Gasteiger partial charge < -0.3 is 0 Å². The Bertz CT molecular complexity index is 1400. The van der Waals surface area contributed by atoms with Crippen LogP contribution in [0.1, 0.15) is 46.7 Å². The lowest BCUT2D eigenvalue weighted by Gasteiger charge is -2.12. The van der Waals surface area contributed by atoms with Gasteiger partial charge in [0.1, 0.15) is 28.8 Å². The van der Waals surface area contributed by atoms with E-state index >= 15 is 4.39 Å². The van der Waals surface area contributed by atoms with E-state index in [0.29, 0.717) is 41.3 Å². The lowest BCUT2D eigenvalue weighted by atomic mass is 9.96. The number of fused-ring (bicyclic) bond motifs is 1. The van der Waals surface area contributed by atoms with Crippen LogP contribution in [-0.4, -0.2) is 0 Å². The van der Waals surface area contributed by atoms with Crippen LogP contribution in [0.4, 0.5) is 30.7 Å². The molecule has 0 amide bonds. The Labute approximate surface area is 210 Å². The topological polar surface area (TPSA) is 0 Å². The molecule has 0 heterocycles. The molecule has 0 aromatic heterocycles. The van der Waals surface area contributed by atoms with Crippen molar-refractivity contribution < 1.29 is 30.7 Å². The van der Waals surface area contributed by atoms with Crippen molar-refractivity contribution in [2.45, 2.75) is 51.6 Å². The van der Waals surface area contributed by atoms with Crippen molar-refractivity contribution in [2.24, 2.45) is 0 Å². The highest BCUT2D eigenvalue weighted by Gasteiger charge is 2.37. The Hall–Kier alpha value is -3.35. The molecular weight excluding hydrogens is 493 g/mol. The fraction of sp³-hybridized carbons (Fsp3) is 0.267. The van der Waals surface area contributed by atoms with E-state index in [1.807, 2.05) is 25.1 Å². The maximum Gasteiger partial charge on any atom is 0.422 e. The minimum Gasteiger partial charge on any atom is -0.207 e. The molecule has 4 rings (SSSR count). The first-order chi connectivity index (χ1) is 17.6. The van der Waals surface area contributed by atoms with E-state index in [0.717, 1.165) is 24.0 Å². The van der Waals surface area contributed by atoms with Gasteiger partial charge in [-0.3, -0.25) is 0 Å². The van der Waals surface area contributed by atoms with E-state index in [1.54, 1.807) is 30.3 Å². The van der Waals surface area contributed by atoms with Gasteiger partial charge in [0.15, 0.2) is 0 Å². The Morgan fingerprint density at radius 2 is 1.14 bits per heavy atom. The highest BCUT2D eigenvalue weighted by atomic mass is 19.4. The molecule has 37 heavy (non-hydrogen) atoms. The van der Waals surface area contributed by atoms with Gasteiger partial charge in [-0.25, -0.2) is 17.6 Å². The zero-order valence-corrected chi connectivity index (χ0v) is 20.2. The first kappa shape index (κ1) is 26.7. The Morgan fingerprint density at radius 1 is 0.568 bits per heavy atom. The van der Waals surface area contributed by atoms with Gasteiger partial charge in [-0.05, 0) is 83.5 Å². The standard InChI is InChI=1S/C30H25F7/c1-2-3-18-4-8-21(25(31)15-18)9-5-19-7-13-24-23(14-19)12-11-22(29(24)34)10-6-20-16-26(32)28(27(33)17-20)30(35,36)37/h4,7-8,11-17H,2-3,5-6,9-10H2,1H3. The van der Waals surface area contributed by atoms with Gasteiger partial charge in [0.2, 0.25) is 0 Å². The number of benzene rings is 4. The molecule has 4 aromatic carbocycles. The second kappa shape index (κ2) is 11.0. The van der Waals surface area contributed by atoms with Crippen molar-refractivity contribution in [1.82, 2.24) is 0 Å². The van der Waals surface area contributed by atoms with Crippen LogP contribution in [0.15, 0.2) is 60.7 Å². The summed E-state index contributed by atoms with van der Waals surface area (Å²) in [5.74, 6) is -4.10. The Morgan fingerprint density at radius 3 is 1.78 bits per heavy atom. The van der Waals surface area contributed by atoms with Gasteiger partial charge in [-0.2, -0.15) is 13.2 Å². The molecular formula is C30H25F7. The quantitative estimate of drug-likeness (QED) is 0.204. The summed E-state index contributed by atoms with van der Waals surface area (Å²) in [6.45, 7) is 2.04. The highest BCUT2D eigenvalue weighted by molar-refractivity contribution is 5.84. The van der Waals surface area contributed by atoms with Crippen LogP contribution in [0.2, 0.25) is 0 Å². The van der Waals surface area contributed by atoms with E-state index in [4.69, 9.17) is 0 Å². The van der Waals surface area contributed by atoms with Crippen LogP contribution >= 0.6 is 0 Å². The molecule has 0 fully saturated rings. The minimum absolute atomic E-state index is 0.00723. The second-order valence-electron chi connectivity index (χ2n) is 9.20. The molecule has 0 aliphatic rings. The maximum absolute atomic E-state index is 15.1. The lowest BCUT2D eigenvalue weighted by Crippen LogP contribution is -2.12. The summed E-state index contributed by atoms with van der Waals surface area (Å²) in [5, 5.41) is 1.02. The summed E-state index contributed by atoms with van der Waals surface area (Å²) in [4.78, 5) is 0. The van der Waals surface area contributed by atoms with Crippen molar-refractivity contribution in [1.29, 1.82) is 0 Å². The van der Waals surface area contributed by atoms with Gasteiger partial charge in [0, 0.05) is 5.39 Å². The summed E-state index contributed by atoms with van der Waals surface area (Å²) in [5.41, 5.74) is 0.877. The molecule has 4 aromatic rings. The summed E-state index contributed by atoms with van der Waals surface area (Å²) < 4.78 is 95.5. The summed E-state index contributed by atoms with van der Waals surface area (Å²) in [6, 6.07) is 15.1. The largest absolute Gasteiger partial charge is 0.422 e. The number of rotatable bonds is 8. The van der Waals surface area contributed by atoms with Crippen LogP contribution in [0.5, 0.6) is 0 Å². The third kappa shape index (κ3) is 6.14. The average Bonchev–Trinajstić information content (AvgIpc) is 2.82. The van der Waals surface area contributed by atoms with E-state index in [-0.39, 0.29) is 29.8 Å². The monoisotopic (exact) mass is 518 g/mol. The van der Waals surface area contributed by atoms with Gasteiger partial charge >= 0.3 is 6.18 Å². The van der Waals surface area contributed by atoms with Gasteiger partial charge in [-0.15, -0.1) is 0 Å². The number of halogens is 7. The van der Waals surface area contributed by atoms with Crippen molar-refractivity contribution in [2.75, 3.05) is 0 Å². The number of aryl methyl sites for hydroxylation is 5. The van der Waals surface area contributed by atoms with Crippen molar-refractivity contribution in [3.63, 3.8) is 0 Å². The fourth-order valence-corrected chi connectivity index (χ4v) is 4.57. The highest BCUT2D eigenvalue weighted by Crippen LogP contribution is 2.34. The molecule has 0 nitrogen and oxygen atoms in total. The average molecular weight is 519 g/mol. The molecule has 194 valence electrons. The normalized spacial score (nSPS) is 11.9. The smallest absolute Gasteiger partial charge is 0.207 e. The van der Waals surface area contributed by atoms with Gasteiger partial charge in [0.05, 0.1) is 0 Å². The van der Waals surface area contributed by atoms with Crippen LogP contribution in [-0.2, 0) is 38.3 Å². The van der Waals surface area contributed by atoms with Crippen LogP contribution in [0.25, 0.3) is 10.8 Å². The number of hydrogen-bond acceptors (Lipinski definition) is 0. The summed E-state index contributed by atoms with van der Waals surface area (Å²) >= 11 is 0. The molecule has 0 aliphatic heterocycles. The van der Waals surface area contributed by atoms with Crippen LogP contribution in [0.3, 0.4) is 0 Å². The summed E-state index contributed by atoms with van der Waals surface area (Å²) in [7, 11) is 0. The van der Waals surface area contributed by atoms with E-state index in [9.17, 15) is 26.3 Å². The number of alkyl halides is 3.